The van der Waals surface area contributed by atoms with Crippen molar-refractivity contribution < 1.29 is 31.1 Å². The third-order valence-corrected chi connectivity index (χ3v) is 2.36. The van der Waals surface area contributed by atoms with Gasteiger partial charge in [-0.3, -0.25) is 4.79 Å². The maximum absolute atomic E-state index is 12.7. The van der Waals surface area contributed by atoms with Crippen molar-refractivity contribution in [2.45, 2.75) is 25.1 Å². The minimum absolute atomic E-state index is 0.202. The van der Waals surface area contributed by atoms with E-state index >= 15 is 0 Å². The molecule has 0 unspecified atom stereocenters. The lowest BCUT2D eigenvalue weighted by Gasteiger charge is -2.21. The Kier molecular flexibility index (Phi) is 4.12. The number of rotatable bonds is 3. The molecule has 1 rings (SSSR count). The van der Waals surface area contributed by atoms with Crippen LogP contribution in [0.1, 0.15) is 18.5 Å². The van der Waals surface area contributed by atoms with Crippen LogP contribution in [-0.2, 0) is 4.79 Å². The number of halogens is 6. The van der Waals surface area contributed by atoms with Gasteiger partial charge >= 0.3 is 18.0 Å². The first-order valence-electron chi connectivity index (χ1n) is 5.06. The van der Waals surface area contributed by atoms with E-state index in [0.717, 1.165) is 12.1 Å². The van der Waals surface area contributed by atoms with E-state index in [-0.39, 0.29) is 5.56 Å². The monoisotopic (exact) mass is 285 g/mol. The predicted molar refractivity (Wildman–Crippen MR) is 54.0 cm³/mol. The zero-order chi connectivity index (χ0) is 14.8. The van der Waals surface area contributed by atoms with Crippen LogP contribution in [0.15, 0.2) is 24.3 Å². The molecule has 1 amide bonds. The highest BCUT2D eigenvalue weighted by molar-refractivity contribution is 5.84. The number of hydrogen-bond acceptors (Lipinski definition) is 1. The summed E-state index contributed by atoms with van der Waals surface area (Å²) in [5.74, 6) is -8.51. The highest BCUT2D eigenvalue weighted by Gasteiger charge is 2.63. The van der Waals surface area contributed by atoms with Gasteiger partial charge in [-0.25, -0.2) is 4.39 Å². The van der Waals surface area contributed by atoms with E-state index in [4.69, 9.17) is 0 Å². The normalized spacial score (nSPS) is 14.1. The number of hydrogen-bond donors (Lipinski definition) is 1. The van der Waals surface area contributed by atoms with Crippen LogP contribution in [-0.4, -0.2) is 18.0 Å². The molecule has 0 radical (unpaired) electrons. The minimum atomic E-state index is -5.96. The Labute approximate surface area is 104 Å². The summed E-state index contributed by atoms with van der Waals surface area (Å²) in [6.07, 6.45) is -5.96. The molecule has 1 aromatic rings. The van der Waals surface area contributed by atoms with E-state index in [1.165, 1.54) is 24.4 Å². The topological polar surface area (TPSA) is 29.1 Å². The predicted octanol–water partition coefficient (Wildman–Crippen LogP) is 3.20. The van der Waals surface area contributed by atoms with Gasteiger partial charge in [0.2, 0.25) is 0 Å². The van der Waals surface area contributed by atoms with Crippen LogP contribution in [0.2, 0.25) is 0 Å². The Hall–Kier alpha value is -1.73. The summed E-state index contributed by atoms with van der Waals surface area (Å²) in [6, 6.07) is 3.24. The van der Waals surface area contributed by atoms with Crippen molar-refractivity contribution in [1.29, 1.82) is 0 Å². The Bertz CT molecular complexity index is 453. The molecular weight excluding hydrogens is 276 g/mol. The second-order valence-corrected chi connectivity index (χ2v) is 3.82. The lowest BCUT2D eigenvalue weighted by Crippen LogP contribution is -2.50. The SMILES string of the molecule is C[C@H](NC(=O)C(F)(F)C(F)(F)F)c1ccc(F)cc1. The first kappa shape index (κ1) is 15.3. The summed E-state index contributed by atoms with van der Waals surface area (Å²) in [7, 11) is 0. The van der Waals surface area contributed by atoms with Crippen LogP contribution in [0.25, 0.3) is 0 Å². The van der Waals surface area contributed by atoms with Gasteiger partial charge < -0.3 is 5.32 Å². The molecular formula is C11H9F6NO. The molecule has 0 aliphatic rings. The minimum Gasteiger partial charge on any atom is -0.344 e. The molecule has 0 bridgehead atoms. The smallest absolute Gasteiger partial charge is 0.344 e. The lowest BCUT2D eigenvalue weighted by atomic mass is 10.1. The van der Waals surface area contributed by atoms with Crippen molar-refractivity contribution in [3.63, 3.8) is 0 Å². The average molecular weight is 285 g/mol. The third-order valence-electron chi connectivity index (χ3n) is 2.36. The Morgan fingerprint density at radius 2 is 1.58 bits per heavy atom. The second kappa shape index (κ2) is 5.10. The molecule has 106 valence electrons. The van der Waals surface area contributed by atoms with E-state index in [0.29, 0.717) is 0 Å². The van der Waals surface area contributed by atoms with Crippen LogP contribution in [0, 0.1) is 5.82 Å². The average Bonchev–Trinajstić information content (AvgIpc) is 2.28. The maximum Gasteiger partial charge on any atom is 0.463 e. The summed E-state index contributed by atoms with van der Waals surface area (Å²) in [6.45, 7) is 1.21. The molecule has 0 aliphatic heterocycles. The van der Waals surface area contributed by atoms with Crippen molar-refractivity contribution in [2.75, 3.05) is 0 Å². The summed E-state index contributed by atoms with van der Waals surface area (Å²) >= 11 is 0. The molecule has 0 aliphatic carbocycles. The van der Waals surface area contributed by atoms with Crippen molar-refractivity contribution in [3.05, 3.63) is 35.6 Å². The molecule has 1 N–H and O–H groups in total. The zero-order valence-corrected chi connectivity index (χ0v) is 9.56. The Morgan fingerprint density at radius 1 is 1.11 bits per heavy atom. The highest BCUT2D eigenvalue weighted by Crippen LogP contribution is 2.35. The van der Waals surface area contributed by atoms with Gasteiger partial charge in [-0.1, -0.05) is 12.1 Å². The van der Waals surface area contributed by atoms with E-state index in [1.54, 1.807) is 0 Å². The number of carbonyl (C=O) groups excluding carboxylic acids is 1. The molecule has 0 saturated heterocycles. The Balaban J connectivity index is 2.80. The van der Waals surface area contributed by atoms with Crippen molar-refractivity contribution in [1.82, 2.24) is 5.32 Å². The molecule has 19 heavy (non-hydrogen) atoms. The number of amides is 1. The van der Waals surface area contributed by atoms with E-state index in [9.17, 15) is 31.1 Å². The number of alkyl halides is 5. The van der Waals surface area contributed by atoms with Crippen LogP contribution in [0.5, 0.6) is 0 Å². The molecule has 1 aromatic carbocycles. The standard InChI is InChI=1S/C11H9F6NO/c1-6(7-2-4-8(12)5-3-7)18-9(19)10(13,14)11(15,16)17/h2-6H,1H3,(H,18,19)/t6-/m0/s1. The fourth-order valence-electron chi connectivity index (χ4n) is 1.25. The van der Waals surface area contributed by atoms with Gasteiger partial charge in [0.05, 0.1) is 6.04 Å². The number of carbonyl (C=O) groups is 1. The summed E-state index contributed by atoms with van der Waals surface area (Å²) in [5, 5.41) is 1.53. The van der Waals surface area contributed by atoms with Crippen molar-refractivity contribution >= 4 is 5.91 Å². The molecule has 0 aromatic heterocycles. The molecule has 0 spiro atoms. The van der Waals surface area contributed by atoms with Crippen LogP contribution < -0.4 is 5.32 Å². The first-order valence-corrected chi connectivity index (χ1v) is 5.06. The quantitative estimate of drug-likeness (QED) is 0.849. The summed E-state index contributed by atoms with van der Waals surface area (Å²) in [5.41, 5.74) is 0.202. The largest absolute Gasteiger partial charge is 0.463 e. The fourth-order valence-corrected chi connectivity index (χ4v) is 1.25. The lowest BCUT2D eigenvalue weighted by molar-refractivity contribution is -0.270. The zero-order valence-electron chi connectivity index (χ0n) is 9.56. The molecule has 0 heterocycles. The van der Waals surface area contributed by atoms with Crippen LogP contribution in [0.3, 0.4) is 0 Å². The highest BCUT2D eigenvalue weighted by atomic mass is 19.4. The third kappa shape index (κ3) is 3.39. The van der Waals surface area contributed by atoms with Crippen LogP contribution >= 0.6 is 0 Å². The fraction of sp³-hybridized carbons (Fsp3) is 0.364. The van der Waals surface area contributed by atoms with Crippen LogP contribution in [0.4, 0.5) is 26.3 Å². The van der Waals surface area contributed by atoms with Gasteiger partial charge in [-0.2, -0.15) is 22.0 Å². The summed E-state index contributed by atoms with van der Waals surface area (Å²) in [4.78, 5) is 10.9. The summed E-state index contributed by atoms with van der Waals surface area (Å²) < 4.78 is 73.7. The molecule has 2 nitrogen and oxygen atoms in total. The van der Waals surface area contributed by atoms with Crippen molar-refractivity contribution in [2.24, 2.45) is 0 Å². The number of nitrogens with one attached hydrogen (secondary N) is 1. The second-order valence-electron chi connectivity index (χ2n) is 3.82. The molecule has 1 atom stereocenters. The van der Waals surface area contributed by atoms with E-state index in [1.807, 2.05) is 0 Å². The van der Waals surface area contributed by atoms with Crippen molar-refractivity contribution in [3.8, 4) is 0 Å². The maximum atomic E-state index is 12.7. The van der Waals surface area contributed by atoms with Gasteiger partial charge in [-0.05, 0) is 24.6 Å². The van der Waals surface area contributed by atoms with E-state index < -0.39 is 29.9 Å². The van der Waals surface area contributed by atoms with Gasteiger partial charge in [0, 0.05) is 0 Å². The number of benzene rings is 1. The van der Waals surface area contributed by atoms with Gasteiger partial charge in [0.15, 0.2) is 0 Å². The van der Waals surface area contributed by atoms with Gasteiger partial charge in [0.25, 0.3) is 0 Å². The molecule has 8 heteroatoms. The molecule has 0 saturated carbocycles. The van der Waals surface area contributed by atoms with Gasteiger partial charge in [0.1, 0.15) is 5.82 Å². The van der Waals surface area contributed by atoms with E-state index in [2.05, 4.69) is 0 Å². The Morgan fingerprint density at radius 3 is 2.00 bits per heavy atom. The first-order chi connectivity index (χ1) is 8.55. The van der Waals surface area contributed by atoms with Gasteiger partial charge in [-0.15, -0.1) is 0 Å². The molecule has 0 fully saturated rings.